The first-order valence-corrected chi connectivity index (χ1v) is 8.00. The molecular formula is C14H20BrNS. The van der Waals surface area contributed by atoms with Gasteiger partial charge in [-0.25, -0.2) is 0 Å². The second-order valence-corrected chi connectivity index (χ2v) is 7.66. The largest absolute Gasteiger partial charge is 0.309 e. The van der Waals surface area contributed by atoms with E-state index in [0.717, 1.165) is 11.0 Å². The molecule has 2 rings (SSSR count). The second kappa shape index (κ2) is 5.77. The van der Waals surface area contributed by atoms with Gasteiger partial charge in [0.2, 0.25) is 0 Å². The lowest BCUT2D eigenvalue weighted by Gasteiger charge is -2.26. The van der Waals surface area contributed by atoms with Crippen molar-refractivity contribution in [2.45, 2.75) is 37.5 Å². The van der Waals surface area contributed by atoms with E-state index in [1.807, 2.05) is 0 Å². The van der Waals surface area contributed by atoms with Crippen molar-refractivity contribution in [2.24, 2.45) is 0 Å². The summed E-state index contributed by atoms with van der Waals surface area (Å²) in [5.74, 6) is 1.32. The number of benzene rings is 1. The number of rotatable bonds is 4. The van der Waals surface area contributed by atoms with Gasteiger partial charge in [0, 0.05) is 21.8 Å². The van der Waals surface area contributed by atoms with E-state index < -0.39 is 0 Å². The molecule has 0 saturated carbocycles. The number of nitrogens with one attached hydrogen (secondary N) is 1. The smallest absolute Gasteiger partial charge is 0.0292 e. The highest BCUT2D eigenvalue weighted by atomic mass is 79.9. The first-order valence-electron chi connectivity index (χ1n) is 6.22. The Hall–Kier alpha value is 0.01000. The number of hydrogen-bond acceptors (Lipinski definition) is 2. The highest BCUT2D eigenvalue weighted by molar-refractivity contribution is 9.10. The average Bonchev–Trinajstić information content (AvgIpc) is 2.74. The minimum absolute atomic E-state index is 0.422. The van der Waals surface area contributed by atoms with Crippen LogP contribution < -0.4 is 5.32 Å². The van der Waals surface area contributed by atoms with Gasteiger partial charge in [0.05, 0.1) is 0 Å². The molecule has 17 heavy (non-hydrogen) atoms. The molecule has 0 aromatic heterocycles. The summed E-state index contributed by atoms with van der Waals surface area (Å²) >= 11 is 5.64. The quantitative estimate of drug-likeness (QED) is 0.885. The van der Waals surface area contributed by atoms with Crippen LogP contribution in [-0.4, -0.2) is 17.0 Å². The SMILES string of the molecule is CC(NCC1(C)CCCS1)c1cccc(Br)c1. The molecule has 1 nitrogen and oxygen atoms in total. The Morgan fingerprint density at radius 1 is 1.53 bits per heavy atom. The third-order valence-electron chi connectivity index (χ3n) is 3.43. The van der Waals surface area contributed by atoms with E-state index in [1.54, 1.807) is 0 Å². The van der Waals surface area contributed by atoms with Crippen LogP contribution in [0.3, 0.4) is 0 Å². The first kappa shape index (κ1) is 13.4. The maximum Gasteiger partial charge on any atom is 0.0292 e. The second-order valence-electron chi connectivity index (χ2n) is 5.06. The van der Waals surface area contributed by atoms with Gasteiger partial charge in [0.15, 0.2) is 0 Å². The lowest BCUT2D eigenvalue weighted by molar-refractivity contribution is 0.490. The van der Waals surface area contributed by atoms with Crippen molar-refractivity contribution in [3.05, 3.63) is 34.3 Å². The monoisotopic (exact) mass is 313 g/mol. The fourth-order valence-corrected chi connectivity index (χ4v) is 3.91. The van der Waals surface area contributed by atoms with Crippen LogP contribution in [0.4, 0.5) is 0 Å². The Labute approximate surface area is 117 Å². The average molecular weight is 314 g/mol. The molecule has 3 heteroatoms. The molecule has 0 aliphatic carbocycles. The van der Waals surface area contributed by atoms with Gasteiger partial charge in [-0.05, 0) is 50.1 Å². The normalized spacial score (nSPS) is 26.1. The zero-order valence-electron chi connectivity index (χ0n) is 10.5. The predicted octanol–water partition coefficient (Wildman–Crippen LogP) is 4.39. The number of hydrogen-bond donors (Lipinski definition) is 1. The van der Waals surface area contributed by atoms with Crippen LogP contribution in [0.25, 0.3) is 0 Å². The maximum absolute atomic E-state index is 3.67. The van der Waals surface area contributed by atoms with Crippen molar-refractivity contribution in [1.29, 1.82) is 0 Å². The van der Waals surface area contributed by atoms with Crippen molar-refractivity contribution in [3.63, 3.8) is 0 Å². The Balaban J connectivity index is 1.91. The van der Waals surface area contributed by atoms with E-state index in [2.05, 4.69) is 71.1 Å². The van der Waals surface area contributed by atoms with Crippen LogP contribution in [0.15, 0.2) is 28.7 Å². The number of halogens is 1. The molecule has 94 valence electrons. The number of thioether (sulfide) groups is 1. The van der Waals surface area contributed by atoms with E-state index in [1.165, 1.54) is 24.2 Å². The van der Waals surface area contributed by atoms with Gasteiger partial charge < -0.3 is 5.32 Å². The van der Waals surface area contributed by atoms with Crippen molar-refractivity contribution in [3.8, 4) is 0 Å². The molecule has 1 saturated heterocycles. The van der Waals surface area contributed by atoms with Crippen LogP contribution in [0.2, 0.25) is 0 Å². The summed E-state index contributed by atoms with van der Waals surface area (Å²) in [4.78, 5) is 0. The Bertz CT molecular complexity index is 374. The fourth-order valence-electron chi connectivity index (χ4n) is 2.24. The molecule has 0 radical (unpaired) electrons. The van der Waals surface area contributed by atoms with E-state index in [4.69, 9.17) is 0 Å². The van der Waals surface area contributed by atoms with Crippen LogP contribution in [0.1, 0.15) is 38.3 Å². The fraction of sp³-hybridized carbons (Fsp3) is 0.571. The van der Waals surface area contributed by atoms with E-state index in [0.29, 0.717) is 10.8 Å². The lowest BCUT2D eigenvalue weighted by atomic mass is 10.0. The molecule has 0 amide bonds. The zero-order valence-corrected chi connectivity index (χ0v) is 12.9. The third kappa shape index (κ3) is 3.73. The molecular weight excluding hydrogens is 294 g/mol. The van der Waals surface area contributed by atoms with Crippen molar-refractivity contribution < 1.29 is 0 Å². The zero-order chi connectivity index (χ0) is 12.3. The van der Waals surface area contributed by atoms with Crippen molar-refractivity contribution in [1.82, 2.24) is 5.32 Å². The molecule has 2 unspecified atom stereocenters. The molecule has 1 aromatic carbocycles. The summed E-state index contributed by atoms with van der Waals surface area (Å²) in [7, 11) is 0. The molecule has 2 atom stereocenters. The van der Waals surface area contributed by atoms with Crippen LogP contribution >= 0.6 is 27.7 Å². The maximum atomic E-state index is 3.67. The van der Waals surface area contributed by atoms with Gasteiger partial charge in [-0.3, -0.25) is 0 Å². The molecule has 1 N–H and O–H groups in total. The molecule has 1 fully saturated rings. The molecule has 0 bridgehead atoms. The Morgan fingerprint density at radius 3 is 3.00 bits per heavy atom. The predicted molar refractivity (Wildman–Crippen MR) is 80.7 cm³/mol. The van der Waals surface area contributed by atoms with Gasteiger partial charge in [-0.1, -0.05) is 28.1 Å². The first-order chi connectivity index (χ1) is 8.09. The lowest BCUT2D eigenvalue weighted by Crippen LogP contribution is -2.34. The molecule has 0 spiro atoms. The van der Waals surface area contributed by atoms with E-state index in [9.17, 15) is 0 Å². The highest BCUT2D eigenvalue weighted by Gasteiger charge is 2.29. The van der Waals surface area contributed by atoms with Gasteiger partial charge in [-0.15, -0.1) is 0 Å². The van der Waals surface area contributed by atoms with E-state index >= 15 is 0 Å². The molecule has 1 aliphatic rings. The summed E-state index contributed by atoms with van der Waals surface area (Å²) in [5, 5.41) is 3.67. The van der Waals surface area contributed by atoms with Gasteiger partial charge in [0.25, 0.3) is 0 Å². The minimum Gasteiger partial charge on any atom is -0.309 e. The summed E-state index contributed by atoms with van der Waals surface area (Å²) in [6.07, 6.45) is 2.71. The summed E-state index contributed by atoms with van der Waals surface area (Å²) in [6.45, 7) is 5.72. The molecule has 1 aromatic rings. The van der Waals surface area contributed by atoms with Gasteiger partial charge in [0.1, 0.15) is 0 Å². The van der Waals surface area contributed by atoms with Gasteiger partial charge >= 0.3 is 0 Å². The van der Waals surface area contributed by atoms with Crippen LogP contribution in [0.5, 0.6) is 0 Å². The third-order valence-corrected chi connectivity index (χ3v) is 5.46. The topological polar surface area (TPSA) is 12.0 Å². The Morgan fingerprint density at radius 2 is 2.35 bits per heavy atom. The van der Waals surface area contributed by atoms with Crippen molar-refractivity contribution in [2.75, 3.05) is 12.3 Å². The molecule has 1 heterocycles. The van der Waals surface area contributed by atoms with Gasteiger partial charge in [-0.2, -0.15) is 11.8 Å². The van der Waals surface area contributed by atoms with Crippen LogP contribution in [-0.2, 0) is 0 Å². The molecule has 1 aliphatic heterocycles. The van der Waals surface area contributed by atoms with Crippen molar-refractivity contribution >= 4 is 27.7 Å². The minimum atomic E-state index is 0.422. The standard InChI is InChI=1S/C14H20BrNS/c1-11(12-5-3-6-13(15)9-12)16-10-14(2)7-4-8-17-14/h3,5-6,9,11,16H,4,7-8,10H2,1-2H3. The Kier molecular flexibility index (Phi) is 4.56. The van der Waals surface area contributed by atoms with E-state index in [-0.39, 0.29) is 0 Å². The van der Waals surface area contributed by atoms with Crippen LogP contribution in [0, 0.1) is 0 Å². The summed E-state index contributed by atoms with van der Waals surface area (Å²) in [6, 6.07) is 8.98. The highest BCUT2D eigenvalue weighted by Crippen LogP contribution is 2.37. The summed E-state index contributed by atoms with van der Waals surface area (Å²) < 4.78 is 1.60. The summed E-state index contributed by atoms with van der Waals surface area (Å²) in [5.41, 5.74) is 1.35.